The van der Waals surface area contributed by atoms with E-state index < -0.39 is 0 Å². The standard InChI is InChI=1S/C24H28N6O/c31-24(20-8-6-19(7-9-20)17-28-11-2-1-3-12-28)30-13-4-5-22(30)21-15-26-16-23(27-21)29-14-10-25-18-29/h6-10,14-16,18,22H,1-5,11-13,17H2/t22-/m1/s1. The van der Waals surface area contributed by atoms with Crippen molar-refractivity contribution in [2.75, 3.05) is 19.6 Å². The number of aromatic nitrogens is 4. The minimum atomic E-state index is -0.0449. The van der Waals surface area contributed by atoms with Gasteiger partial charge in [-0.05, 0) is 56.5 Å². The average Bonchev–Trinajstić information content (AvgIpc) is 3.53. The van der Waals surface area contributed by atoms with Crippen LogP contribution in [-0.2, 0) is 6.54 Å². The van der Waals surface area contributed by atoms with E-state index in [1.54, 1.807) is 24.9 Å². The van der Waals surface area contributed by atoms with E-state index in [1.165, 1.54) is 37.9 Å². The van der Waals surface area contributed by atoms with Crippen LogP contribution in [0, 0.1) is 0 Å². The fourth-order valence-electron chi connectivity index (χ4n) is 4.66. The zero-order chi connectivity index (χ0) is 21.0. The highest BCUT2D eigenvalue weighted by Gasteiger charge is 2.32. The zero-order valence-electron chi connectivity index (χ0n) is 17.7. The summed E-state index contributed by atoms with van der Waals surface area (Å²) >= 11 is 0. The summed E-state index contributed by atoms with van der Waals surface area (Å²) < 4.78 is 1.83. The number of hydrogen-bond donors (Lipinski definition) is 0. The van der Waals surface area contributed by atoms with Gasteiger partial charge in [-0.3, -0.25) is 19.2 Å². The summed E-state index contributed by atoms with van der Waals surface area (Å²) in [5, 5.41) is 0. The number of piperidine rings is 1. The van der Waals surface area contributed by atoms with Gasteiger partial charge in [-0.1, -0.05) is 18.6 Å². The highest BCUT2D eigenvalue weighted by Crippen LogP contribution is 2.32. The molecule has 2 aliphatic heterocycles. The number of carbonyl (C=O) groups is 1. The molecule has 0 aliphatic carbocycles. The summed E-state index contributed by atoms with van der Waals surface area (Å²) in [5.41, 5.74) is 2.85. The molecule has 0 N–H and O–H groups in total. The maximum absolute atomic E-state index is 13.3. The third-order valence-corrected chi connectivity index (χ3v) is 6.32. The summed E-state index contributed by atoms with van der Waals surface area (Å²) in [7, 11) is 0. The molecule has 1 amide bonds. The number of nitrogens with zero attached hydrogens (tertiary/aromatic N) is 6. The van der Waals surface area contributed by atoms with E-state index in [4.69, 9.17) is 4.98 Å². The largest absolute Gasteiger partial charge is 0.330 e. The van der Waals surface area contributed by atoms with Crippen LogP contribution in [0.2, 0.25) is 0 Å². The number of hydrogen-bond acceptors (Lipinski definition) is 5. The molecule has 0 spiro atoms. The highest BCUT2D eigenvalue weighted by molar-refractivity contribution is 5.94. The molecule has 0 unspecified atom stereocenters. The predicted octanol–water partition coefficient (Wildman–Crippen LogP) is 3.63. The molecule has 4 heterocycles. The lowest BCUT2D eigenvalue weighted by Gasteiger charge is -2.27. The van der Waals surface area contributed by atoms with Gasteiger partial charge in [-0.25, -0.2) is 9.97 Å². The van der Waals surface area contributed by atoms with Crippen molar-refractivity contribution in [1.82, 2.24) is 29.3 Å². The van der Waals surface area contributed by atoms with Crippen molar-refractivity contribution in [3.8, 4) is 5.82 Å². The molecule has 7 nitrogen and oxygen atoms in total. The molecule has 2 fully saturated rings. The molecule has 31 heavy (non-hydrogen) atoms. The predicted molar refractivity (Wildman–Crippen MR) is 118 cm³/mol. The number of likely N-dealkylation sites (tertiary alicyclic amines) is 2. The summed E-state index contributed by atoms with van der Waals surface area (Å²) in [6, 6.07) is 8.12. The maximum Gasteiger partial charge on any atom is 0.254 e. The molecule has 3 aromatic rings. The van der Waals surface area contributed by atoms with E-state index in [9.17, 15) is 4.79 Å². The smallest absolute Gasteiger partial charge is 0.254 e. The van der Waals surface area contributed by atoms with E-state index >= 15 is 0 Å². The van der Waals surface area contributed by atoms with Crippen LogP contribution in [0.1, 0.15) is 59.8 Å². The second-order valence-electron chi connectivity index (χ2n) is 8.46. The van der Waals surface area contributed by atoms with Crippen molar-refractivity contribution in [3.05, 3.63) is 72.2 Å². The average molecular weight is 417 g/mol. The van der Waals surface area contributed by atoms with Gasteiger partial charge in [0, 0.05) is 31.0 Å². The highest BCUT2D eigenvalue weighted by atomic mass is 16.2. The van der Waals surface area contributed by atoms with Gasteiger partial charge < -0.3 is 4.90 Å². The number of amides is 1. The summed E-state index contributed by atoms with van der Waals surface area (Å²) in [6.07, 6.45) is 14.6. The lowest BCUT2D eigenvalue weighted by atomic mass is 10.1. The molecule has 5 rings (SSSR count). The van der Waals surface area contributed by atoms with Crippen LogP contribution in [0.15, 0.2) is 55.4 Å². The Kier molecular flexibility index (Phi) is 5.76. The minimum Gasteiger partial charge on any atom is -0.330 e. The van der Waals surface area contributed by atoms with E-state index in [1.807, 2.05) is 27.8 Å². The first-order valence-corrected chi connectivity index (χ1v) is 11.2. The molecule has 1 atom stereocenters. The molecule has 2 aliphatic rings. The number of imidazole rings is 1. The Morgan fingerprint density at radius 3 is 2.58 bits per heavy atom. The van der Waals surface area contributed by atoms with Crippen molar-refractivity contribution >= 4 is 5.91 Å². The second-order valence-corrected chi connectivity index (χ2v) is 8.46. The topological polar surface area (TPSA) is 67.2 Å². The monoisotopic (exact) mass is 416 g/mol. The van der Waals surface area contributed by atoms with E-state index in [0.717, 1.165) is 43.0 Å². The van der Waals surface area contributed by atoms with Crippen LogP contribution in [0.4, 0.5) is 0 Å². The molecule has 7 heteroatoms. The van der Waals surface area contributed by atoms with E-state index in [2.05, 4.69) is 27.0 Å². The van der Waals surface area contributed by atoms with Gasteiger partial charge >= 0.3 is 0 Å². The van der Waals surface area contributed by atoms with Gasteiger partial charge in [-0.15, -0.1) is 0 Å². The van der Waals surface area contributed by atoms with E-state index in [-0.39, 0.29) is 11.9 Å². The third kappa shape index (κ3) is 4.37. The molecule has 1 aromatic carbocycles. The lowest BCUT2D eigenvalue weighted by Crippen LogP contribution is -2.31. The molecule has 0 saturated carbocycles. The Balaban J connectivity index is 1.30. The Labute approximate surface area is 182 Å². The minimum absolute atomic E-state index is 0.0449. The fraction of sp³-hybridized carbons (Fsp3) is 0.417. The second kappa shape index (κ2) is 8.98. The van der Waals surface area contributed by atoms with Crippen molar-refractivity contribution < 1.29 is 4.79 Å². The molecule has 2 saturated heterocycles. The van der Waals surface area contributed by atoms with Crippen molar-refractivity contribution in [2.24, 2.45) is 0 Å². The Hall–Kier alpha value is -3.06. The van der Waals surface area contributed by atoms with Gasteiger partial charge in [0.25, 0.3) is 5.91 Å². The summed E-state index contributed by atoms with van der Waals surface area (Å²) in [5.74, 6) is 0.790. The van der Waals surface area contributed by atoms with Crippen molar-refractivity contribution in [1.29, 1.82) is 0 Å². The Morgan fingerprint density at radius 2 is 1.81 bits per heavy atom. The summed E-state index contributed by atoms with van der Waals surface area (Å²) in [4.78, 5) is 31.0. The van der Waals surface area contributed by atoms with Crippen molar-refractivity contribution in [3.63, 3.8) is 0 Å². The molecule has 160 valence electrons. The first-order chi connectivity index (χ1) is 15.3. The van der Waals surface area contributed by atoms with Crippen LogP contribution in [-0.4, -0.2) is 54.9 Å². The van der Waals surface area contributed by atoms with Crippen LogP contribution in [0.5, 0.6) is 0 Å². The van der Waals surface area contributed by atoms with Gasteiger partial charge in [-0.2, -0.15) is 0 Å². The van der Waals surface area contributed by atoms with Gasteiger partial charge in [0.15, 0.2) is 5.82 Å². The zero-order valence-corrected chi connectivity index (χ0v) is 17.7. The number of benzene rings is 1. The Bertz CT molecular complexity index is 1010. The van der Waals surface area contributed by atoms with Crippen LogP contribution in [0.3, 0.4) is 0 Å². The number of rotatable bonds is 5. The molecule has 0 bridgehead atoms. The lowest BCUT2D eigenvalue weighted by molar-refractivity contribution is 0.0732. The fourth-order valence-corrected chi connectivity index (χ4v) is 4.66. The molecule has 0 radical (unpaired) electrons. The van der Waals surface area contributed by atoms with Gasteiger partial charge in [0.05, 0.1) is 24.1 Å². The van der Waals surface area contributed by atoms with Gasteiger partial charge in [0.2, 0.25) is 0 Å². The van der Waals surface area contributed by atoms with Crippen LogP contribution in [0.25, 0.3) is 5.82 Å². The van der Waals surface area contributed by atoms with Crippen molar-refractivity contribution in [2.45, 2.75) is 44.7 Å². The SMILES string of the molecule is O=C(c1ccc(CN2CCCCC2)cc1)N1CCC[C@@H]1c1cncc(-n2ccnc2)n1. The summed E-state index contributed by atoms with van der Waals surface area (Å²) in [6.45, 7) is 4.07. The molecular formula is C24H28N6O. The normalized spacial score (nSPS) is 19.6. The quantitative estimate of drug-likeness (QED) is 0.635. The third-order valence-electron chi connectivity index (χ3n) is 6.32. The molecule has 2 aromatic heterocycles. The Morgan fingerprint density at radius 1 is 0.968 bits per heavy atom. The maximum atomic E-state index is 13.3. The first-order valence-electron chi connectivity index (χ1n) is 11.2. The first kappa shape index (κ1) is 19.9. The van der Waals surface area contributed by atoms with E-state index in [0.29, 0.717) is 0 Å². The number of carbonyl (C=O) groups excluding carboxylic acids is 1. The molecular weight excluding hydrogens is 388 g/mol. The van der Waals surface area contributed by atoms with Crippen LogP contribution < -0.4 is 0 Å². The van der Waals surface area contributed by atoms with Gasteiger partial charge in [0.1, 0.15) is 6.33 Å². The van der Waals surface area contributed by atoms with Crippen LogP contribution >= 0.6 is 0 Å².